The van der Waals surface area contributed by atoms with E-state index in [1.807, 2.05) is 0 Å². The molecule has 0 aromatic carbocycles. The molecule has 15 heteroatoms. The molecule has 0 spiro atoms. The van der Waals surface area contributed by atoms with Gasteiger partial charge in [0.1, 0.15) is 54.9 Å². The first-order chi connectivity index (χ1) is 16.5. The minimum atomic E-state index is -2.22. The summed E-state index contributed by atoms with van der Waals surface area (Å²) in [5, 5.41) is 80.4. The van der Waals surface area contributed by atoms with Crippen molar-refractivity contribution in [3.8, 4) is 0 Å². The van der Waals surface area contributed by atoms with E-state index in [0.717, 1.165) is 0 Å². The summed E-state index contributed by atoms with van der Waals surface area (Å²) in [7, 11) is 1.47. The molecule has 3 saturated heterocycles. The number of hydrogen-bond acceptors (Lipinski definition) is 15. The molecule has 14 atom stereocenters. The van der Waals surface area contributed by atoms with Crippen LogP contribution in [0.4, 0.5) is 0 Å². The van der Waals surface area contributed by atoms with Gasteiger partial charge >= 0.3 is 5.95 Å². The number of aliphatic hydroxyl groups is 8. The Labute approximate surface area is 198 Å². The molecule has 4 aliphatic heterocycles. The Hall–Kier alpha value is -1.34. The van der Waals surface area contributed by atoms with Crippen LogP contribution in [0.1, 0.15) is 6.92 Å². The molecule has 8 unspecified atom stereocenters. The minimum Gasteiger partial charge on any atom is -0.504 e. The third-order valence-electron chi connectivity index (χ3n) is 7.26. The van der Waals surface area contributed by atoms with Crippen molar-refractivity contribution in [3.05, 3.63) is 11.7 Å². The summed E-state index contributed by atoms with van der Waals surface area (Å²) in [6.45, 7) is 1.15. The average molecular weight is 510 g/mol. The van der Waals surface area contributed by atoms with Crippen LogP contribution in [0.2, 0.25) is 0 Å². The van der Waals surface area contributed by atoms with Crippen molar-refractivity contribution in [1.29, 1.82) is 0 Å². The number of fused-ring (bicyclic) bond motifs is 2. The molecule has 4 fully saturated rings. The second-order valence-corrected chi connectivity index (χ2v) is 9.37. The normalized spacial score (nSPS) is 53.0. The lowest BCUT2D eigenvalue weighted by Gasteiger charge is -2.41. The van der Waals surface area contributed by atoms with E-state index in [2.05, 4.69) is 0 Å². The van der Waals surface area contributed by atoms with Crippen LogP contribution >= 0.6 is 0 Å². The molecule has 200 valence electrons. The van der Waals surface area contributed by atoms with Gasteiger partial charge in [-0.3, -0.25) is 0 Å². The highest BCUT2D eigenvalue weighted by atomic mass is 16.8. The van der Waals surface area contributed by atoms with Crippen molar-refractivity contribution >= 4 is 0 Å². The zero-order valence-electron chi connectivity index (χ0n) is 18.7. The largest absolute Gasteiger partial charge is 0.504 e. The summed E-state index contributed by atoms with van der Waals surface area (Å²) >= 11 is 0. The first-order valence-corrected chi connectivity index (χ1v) is 11.2. The fraction of sp³-hybridized carbons (Fsp3) is 0.900. The topological polar surface area (TPSA) is 230 Å². The van der Waals surface area contributed by atoms with E-state index in [1.54, 1.807) is 6.92 Å². The number of methoxy groups -OCH3 is 1. The van der Waals surface area contributed by atoms with Crippen LogP contribution in [-0.2, 0) is 33.2 Å². The van der Waals surface area contributed by atoms with E-state index in [9.17, 15) is 40.9 Å². The third kappa shape index (κ3) is 4.00. The molecule has 0 bridgehead atoms. The van der Waals surface area contributed by atoms with Crippen molar-refractivity contribution in [2.75, 3.05) is 13.7 Å². The predicted molar refractivity (Wildman–Crippen MR) is 105 cm³/mol. The zero-order valence-corrected chi connectivity index (χ0v) is 18.7. The molecule has 0 radical (unpaired) electrons. The Kier molecular flexibility index (Phi) is 6.44. The van der Waals surface area contributed by atoms with Crippen molar-refractivity contribution in [1.82, 2.24) is 0 Å². The van der Waals surface area contributed by atoms with Gasteiger partial charge in [0.2, 0.25) is 5.76 Å². The highest BCUT2D eigenvalue weighted by Crippen LogP contribution is 2.54. The molecule has 4 heterocycles. The second kappa shape index (κ2) is 8.90. The van der Waals surface area contributed by atoms with Gasteiger partial charge in [0.15, 0.2) is 25.0 Å². The maximum absolute atomic E-state index is 10.9. The summed E-state index contributed by atoms with van der Waals surface area (Å²) in [6, 6.07) is 0. The monoisotopic (exact) mass is 510 g/mol. The minimum absolute atomic E-state index is 0.348. The maximum atomic E-state index is 10.9. The Balaban J connectivity index is 1.29. The van der Waals surface area contributed by atoms with Crippen molar-refractivity contribution in [3.63, 3.8) is 0 Å². The van der Waals surface area contributed by atoms with Gasteiger partial charge in [-0.25, -0.2) is 0 Å². The van der Waals surface area contributed by atoms with E-state index in [-0.39, 0.29) is 6.10 Å². The number of ether oxygens (including phenoxy) is 7. The van der Waals surface area contributed by atoms with Gasteiger partial charge < -0.3 is 74.0 Å². The summed E-state index contributed by atoms with van der Waals surface area (Å²) in [5.41, 5.74) is -1.92. The number of epoxide rings is 1. The summed E-state index contributed by atoms with van der Waals surface area (Å²) < 4.78 is 38.6. The summed E-state index contributed by atoms with van der Waals surface area (Å²) in [4.78, 5) is 0. The molecule has 0 aromatic heterocycles. The van der Waals surface area contributed by atoms with E-state index in [1.165, 1.54) is 7.11 Å². The van der Waals surface area contributed by atoms with Crippen molar-refractivity contribution < 1.29 is 74.0 Å². The van der Waals surface area contributed by atoms with Gasteiger partial charge in [0.25, 0.3) is 0 Å². The van der Waals surface area contributed by atoms with E-state index in [4.69, 9.17) is 33.2 Å². The third-order valence-corrected chi connectivity index (χ3v) is 7.26. The van der Waals surface area contributed by atoms with E-state index < -0.39 is 104 Å². The van der Waals surface area contributed by atoms with Gasteiger partial charge in [0, 0.05) is 7.11 Å². The fourth-order valence-corrected chi connectivity index (χ4v) is 5.09. The highest BCUT2D eigenvalue weighted by Gasteiger charge is 2.76. The van der Waals surface area contributed by atoms with Crippen LogP contribution in [0.15, 0.2) is 11.7 Å². The van der Waals surface area contributed by atoms with Crippen LogP contribution < -0.4 is 0 Å². The molecular weight excluding hydrogens is 480 g/mol. The maximum Gasteiger partial charge on any atom is 0.322 e. The van der Waals surface area contributed by atoms with E-state index in [0.29, 0.717) is 0 Å². The van der Waals surface area contributed by atoms with Crippen molar-refractivity contribution in [2.24, 2.45) is 5.92 Å². The molecule has 15 nitrogen and oxygen atoms in total. The Morgan fingerprint density at radius 1 is 1.03 bits per heavy atom. The molecule has 0 aromatic rings. The van der Waals surface area contributed by atoms with Crippen LogP contribution in [0.5, 0.6) is 0 Å². The molecule has 0 amide bonds. The van der Waals surface area contributed by atoms with Gasteiger partial charge in [-0.1, -0.05) is 0 Å². The number of rotatable bonds is 7. The predicted octanol–water partition coefficient (Wildman–Crippen LogP) is -4.49. The average Bonchev–Trinajstić information content (AvgIpc) is 3.69. The van der Waals surface area contributed by atoms with E-state index >= 15 is 0 Å². The fourth-order valence-electron chi connectivity index (χ4n) is 5.09. The summed E-state index contributed by atoms with van der Waals surface area (Å²) in [5.74, 6) is -2.71. The first kappa shape index (κ1) is 25.3. The second-order valence-electron chi connectivity index (χ2n) is 9.37. The lowest BCUT2D eigenvalue weighted by atomic mass is 10.0. The smallest absolute Gasteiger partial charge is 0.322 e. The van der Waals surface area contributed by atoms with Crippen LogP contribution in [0.3, 0.4) is 0 Å². The number of hydrogen-bond donors (Lipinski definition) is 8. The van der Waals surface area contributed by atoms with Crippen molar-refractivity contribution in [2.45, 2.75) is 92.4 Å². The molecule has 8 N–H and O–H groups in total. The van der Waals surface area contributed by atoms with Gasteiger partial charge in [-0.05, 0) is 6.92 Å². The lowest BCUT2D eigenvalue weighted by Crippen LogP contribution is -2.57. The molecule has 1 aliphatic carbocycles. The molecule has 35 heavy (non-hydrogen) atoms. The number of aliphatic hydroxyl groups excluding tert-OH is 6. The summed E-state index contributed by atoms with van der Waals surface area (Å²) in [6.07, 6.45) is -15.7. The molecule has 1 saturated carbocycles. The zero-order chi connectivity index (χ0) is 25.4. The molecule has 5 aliphatic rings. The quantitative estimate of drug-likeness (QED) is 0.119. The SMILES string of the molecule is COC1C(O[C@H]2OC(COC3=C(O)C(O)[C@H](O)C(C(O)O)O3)[C@]3(O)C(O)[C@@H]3C2O)[C@@H](C)OC2O[C@@H]21. The molecular formula is C20H30O15. The Bertz CT molecular complexity index is 837. The Morgan fingerprint density at radius 3 is 2.40 bits per heavy atom. The van der Waals surface area contributed by atoms with Crippen LogP contribution in [0, 0.1) is 5.92 Å². The van der Waals surface area contributed by atoms with Crippen LogP contribution in [0.25, 0.3) is 0 Å². The lowest BCUT2D eigenvalue weighted by molar-refractivity contribution is -0.311. The van der Waals surface area contributed by atoms with Gasteiger partial charge in [0.05, 0.1) is 18.1 Å². The van der Waals surface area contributed by atoms with Crippen LogP contribution in [-0.4, -0.2) is 140 Å². The first-order valence-electron chi connectivity index (χ1n) is 11.2. The molecule has 5 rings (SSSR count). The van der Waals surface area contributed by atoms with Gasteiger partial charge in [-0.2, -0.15) is 0 Å². The highest BCUT2D eigenvalue weighted by molar-refractivity contribution is 5.23. The standard InChI is InChI=1S/C20H30O15/c1-4-11(13(29-2)14-19(31-4)35-14)33-18-7(21)6-15(25)20(6,28)5(32-18)3-30-17-10(24)8(22)9(23)12(34-17)16(26)27/h4-9,11-16,18-19,21-28H,3H2,1-2H3/t4-,5?,6+,7?,8?,9+,11?,12?,13?,14-,15?,18-,19?,20-/m1/s1. The Morgan fingerprint density at radius 2 is 1.74 bits per heavy atom. The van der Waals surface area contributed by atoms with Gasteiger partial charge in [-0.15, -0.1) is 0 Å².